The molecule has 3 aromatic carbocycles. The van der Waals surface area contributed by atoms with Crippen molar-refractivity contribution in [2.24, 2.45) is 0 Å². The van der Waals surface area contributed by atoms with Crippen LogP contribution in [0.15, 0.2) is 100.0 Å². The first-order chi connectivity index (χ1) is 13.9. The fourth-order valence-electron chi connectivity index (χ4n) is 3.77. The van der Waals surface area contributed by atoms with Crippen molar-refractivity contribution < 1.29 is 8.83 Å². The molecule has 3 heterocycles. The van der Waals surface area contributed by atoms with Crippen molar-refractivity contribution in [3.8, 4) is 22.6 Å². The number of aromatic nitrogens is 1. The van der Waals surface area contributed by atoms with E-state index in [2.05, 4.69) is 17.1 Å². The van der Waals surface area contributed by atoms with Crippen LogP contribution in [0, 0.1) is 0 Å². The van der Waals surface area contributed by atoms with Gasteiger partial charge in [0.25, 0.3) is 0 Å². The molecule has 0 radical (unpaired) electrons. The van der Waals surface area contributed by atoms with Crippen LogP contribution in [0.4, 0.5) is 0 Å². The van der Waals surface area contributed by atoms with Crippen molar-refractivity contribution in [2.75, 3.05) is 0 Å². The van der Waals surface area contributed by atoms with Gasteiger partial charge < -0.3 is 8.83 Å². The summed E-state index contributed by atoms with van der Waals surface area (Å²) in [4.78, 5) is 4.68. The Morgan fingerprint density at radius 3 is 2.39 bits per heavy atom. The molecule has 0 atom stereocenters. The van der Waals surface area contributed by atoms with Crippen LogP contribution >= 0.6 is 0 Å². The second kappa shape index (κ2) is 5.83. The highest BCUT2D eigenvalue weighted by molar-refractivity contribution is 6.09. The normalized spacial score (nSPS) is 11.6. The maximum atomic E-state index is 6.15. The molecule has 0 unspecified atom stereocenters. The fraction of sp³-hybridized carbons (Fsp3) is 0. The third-order valence-electron chi connectivity index (χ3n) is 5.14. The molecule has 0 aliphatic carbocycles. The van der Waals surface area contributed by atoms with E-state index in [-0.39, 0.29) is 0 Å². The highest BCUT2D eigenvalue weighted by atomic mass is 16.3. The molecule has 28 heavy (non-hydrogen) atoms. The first-order valence-corrected chi connectivity index (χ1v) is 9.22. The second-order valence-corrected chi connectivity index (χ2v) is 6.86. The molecule has 0 saturated heterocycles. The van der Waals surface area contributed by atoms with Crippen molar-refractivity contribution >= 4 is 32.9 Å². The summed E-state index contributed by atoms with van der Waals surface area (Å²) in [5.74, 6) is 0.844. The van der Waals surface area contributed by atoms with Crippen molar-refractivity contribution in [1.82, 2.24) is 4.98 Å². The quantitative estimate of drug-likeness (QED) is 0.331. The molecule has 3 heteroatoms. The minimum Gasteiger partial charge on any atom is -0.456 e. The standard InChI is InChI=1S/C25H15NO2/c1-2-7-16(8-3-1)23-13-17-15-26-21(14-24(17)27-23)20-11-6-10-19-18-9-4-5-12-22(18)28-25(19)20/h1-15H. The summed E-state index contributed by atoms with van der Waals surface area (Å²) in [7, 11) is 0. The molecule has 0 saturated carbocycles. The van der Waals surface area contributed by atoms with E-state index < -0.39 is 0 Å². The number of para-hydroxylation sites is 2. The number of hydrogen-bond donors (Lipinski definition) is 0. The lowest BCUT2D eigenvalue weighted by atomic mass is 10.1. The molecule has 0 amide bonds. The van der Waals surface area contributed by atoms with E-state index in [1.165, 1.54) is 0 Å². The molecule has 0 bridgehead atoms. The Bertz CT molecular complexity index is 1460. The molecular weight excluding hydrogens is 346 g/mol. The number of nitrogens with zero attached hydrogens (tertiary/aromatic N) is 1. The van der Waals surface area contributed by atoms with Crippen LogP contribution in [0.2, 0.25) is 0 Å². The molecule has 6 aromatic rings. The summed E-state index contributed by atoms with van der Waals surface area (Å²) in [6.07, 6.45) is 1.86. The molecular formula is C25H15NO2. The summed E-state index contributed by atoms with van der Waals surface area (Å²) in [6, 6.07) is 28.4. The SMILES string of the molecule is c1ccc(-c2cc3cnc(-c4cccc5c4oc4ccccc45)cc3o2)cc1. The first kappa shape index (κ1) is 15.2. The lowest BCUT2D eigenvalue weighted by Gasteiger charge is -2.01. The van der Waals surface area contributed by atoms with Gasteiger partial charge in [-0.25, -0.2) is 0 Å². The Labute approximate surface area is 160 Å². The summed E-state index contributed by atoms with van der Waals surface area (Å²) in [6.45, 7) is 0. The lowest BCUT2D eigenvalue weighted by Crippen LogP contribution is -1.83. The van der Waals surface area contributed by atoms with E-state index in [1.54, 1.807) is 0 Å². The summed E-state index contributed by atoms with van der Waals surface area (Å²) in [5, 5.41) is 3.20. The third kappa shape index (κ3) is 2.26. The predicted octanol–water partition coefficient (Wildman–Crippen LogP) is 7.06. The van der Waals surface area contributed by atoms with E-state index in [0.29, 0.717) is 0 Å². The molecule has 3 aromatic heterocycles. The highest BCUT2D eigenvalue weighted by Gasteiger charge is 2.14. The van der Waals surface area contributed by atoms with Crippen molar-refractivity contribution in [3.63, 3.8) is 0 Å². The van der Waals surface area contributed by atoms with Gasteiger partial charge in [0.15, 0.2) is 0 Å². The monoisotopic (exact) mass is 361 g/mol. The van der Waals surface area contributed by atoms with Crippen LogP contribution in [-0.4, -0.2) is 4.98 Å². The molecule has 0 fully saturated rings. The van der Waals surface area contributed by atoms with Gasteiger partial charge in [-0.15, -0.1) is 0 Å². The van der Waals surface area contributed by atoms with Crippen molar-refractivity contribution in [2.45, 2.75) is 0 Å². The Hall–Kier alpha value is -3.85. The summed E-state index contributed by atoms with van der Waals surface area (Å²) in [5.41, 5.74) is 5.41. The van der Waals surface area contributed by atoms with Crippen LogP contribution < -0.4 is 0 Å². The van der Waals surface area contributed by atoms with Gasteiger partial charge in [-0.05, 0) is 18.2 Å². The highest BCUT2D eigenvalue weighted by Crippen LogP contribution is 2.36. The number of benzene rings is 3. The van der Waals surface area contributed by atoms with Crippen LogP contribution in [0.1, 0.15) is 0 Å². The molecule has 0 spiro atoms. The number of pyridine rings is 1. The number of furan rings is 2. The molecule has 3 nitrogen and oxygen atoms in total. The summed E-state index contributed by atoms with van der Waals surface area (Å²) < 4.78 is 12.3. The molecule has 0 N–H and O–H groups in total. The van der Waals surface area contributed by atoms with Gasteiger partial charge in [-0.1, -0.05) is 60.7 Å². The number of fused-ring (bicyclic) bond motifs is 4. The van der Waals surface area contributed by atoms with E-state index in [4.69, 9.17) is 8.83 Å². The van der Waals surface area contributed by atoms with Gasteiger partial charge >= 0.3 is 0 Å². The summed E-state index contributed by atoms with van der Waals surface area (Å²) >= 11 is 0. The van der Waals surface area contributed by atoms with Gasteiger partial charge in [0.2, 0.25) is 0 Å². The maximum absolute atomic E-state index is 6.15. The molecule has 0 aliphatic heterocycles. The average molecular weight is 361 g/mol. The molecule has 0 aliphatic rings. The second-order valence-electron chi connectivity index (χ2n) is 6.86. The van der Waals surface area contributed by atoms with Crippen molar-refractivity contribution in [3.05, 3.63) is 91.1 Å². The zero-order chi connectivity index (χ0) is 18.5. The zero-order valence-corrected chi connectivity index (χ0v) is 14.9. The Balaban J connectivity index is 1.55. The largest absolute Gasteiger partial charge is 0.456 e. The lowest BCUT2D eigenvalue weighted by molar-refractivity contribution is 0.631. The van der Waals surface area contributed by atoms with Gasteiger partial charge in [0.05, 0.1) is 5.69 Å². The van der Waals surface area contributed by atoms with Gasteiger partial charge in [-0.2, -0.15) is 0 Å². The van der Waals surface area contributed by atoms with E-state index in [1.807, 2.05) is 79.0 Å². The first-order valence-electron chi connectivity index (χ1n) is 9.22. The van der Waals surface area contributed by atoms with Gasteiger partial charge in [0.1, 0.15) is 22.5 Å². The van der Waals surface area contributed by atoms with Crippen LogP contribution in [-0.2, 0) is 0 Å². The van der Waals surface area contributed by atoms with E-state index >= 15 is 0 Å². The predicted molar refractivity (Wildman–Crippen MR) is 112 cm³/mol. The van der Waals surface area contributed by atoms with Crippen LogP contribution in [0.3, 0.4) is 0 Å². The smallest absolute Gasteiger partial charge is 0.144 e. The minimum atomic E-state index is 0.817. The topological polar surface area (TPSA) is 39.2 Å². The van der Waals surface area contributed by atoms with Crippen molar-refractivity contribution in [1.29, 1.82) is 0 Å². The van der Waals surface area contributed by atoms with Crippen LogP contribution in [0.5, 0.6) is 0 Å². The Morgan fingerprint density at radius 1 is 0.643 bits per heavy atom. The van der Waals surface area contributed by atoms with Gasteiger partial charge in [-0.3, -0.25) is 4.98 Å². The van der Waals surface area contributed by atoms with Gasteiger partial charge in [0, 0.05) is 39.5 Å². The Kier molecular flexibility index (Phi) is 3.17. The number of hydrogen-bond acceptors (Lipinski definition) is 3. The average Bonchev–Trinajstić information content (AvgIpc) is 3.35. The molecule has 132 valence electrons. The van der Waals surface area contributed by atoms with E-state index in [9.17, 15) is 0 Å². The third-order valence-corrected chi connectivity index (χ3v) is 5.14. The zero-order valence-electron chi connectivity index (χ0n) is 14.9. The Morgan fingerprint density at radius 2 is 1.46 bits per heavy atom. The number of rotatable bonds is 2. The molecule has 6 rings (SSSR count). The fourth-order valence-corrected chi connectivity index (χ4v) is 3.77. The van der Waals surface area contributed by atoms with Crippen LogP contribution in [0.25, 0.3) is 55.5 Å². The maximum Gasteiger partial charge on any atom is 0.144 e. The van der Waals surface area contributed by atoms with E-state index in [0.717, 1.165) is 55.5 Å². The minimum absolute atomic E-state index is 0.817.